The third kappa shape index (κ3) is 1.89. The maximum absolute atomic E-state index is 10.2. The minimum Gasteiger partial charge on any atom is -0.383 e. The molecule has 0 amide bonds. The molecule has 2 aromatic heterocycles. The van der Waals surface area contributed by atoms with Gasteiger partial charge in [0.05, 0.1) is 11.9 Å². The summed E-state index contributed by atoms with van der Waals surface area (Å²) in [6.07, 6.45) is 11.1. The highest BCUT2D eigenvalue weighted by molar-refractivity contribution is 7.17. The summed E-state index contributed by atoms with van der Waals surface area (Å²) in [5, 5.41) is 10.2. The van der Waals surface area contributed by atoms with Gasteiger partial charge in [0.15, 0.2) is 4.96 Å². The Hall–Kier alpha value is -1.13. The van der Waals surface area contributed by atoms with Crippen molar-refractivity contribution in [1.82, 2.24) is 9.38 Å². The summed E-state index contributed by atoms with van der Waals surface area (Å²) < 4.78 is 2.18. The smallest absolute Gasteiger partial charge is 0.194 e. The van der Waals surface area contributed by atoms with Crippen LogP contribution in [0.25, 0.3) is 4.96 Å². The van der Waals surface area contributed by atoms with Crippen molar-refractivity contribution in [2.45, 2.75) is 45.1 Å². The summed E-state index contributed by atoms with van der Waals surface area (Å²) in [5.41, 5.74) is 2.28. The van der Waals surface area contributed by atoms with E-state index in [1.807, 2.05) is 25.3 Å². The van der Waals surface area contributed by atoms with Crippen molar-refractivity contribution in [1.29, 1.82) is 0 Å². The highest BCUT2D eigenvalue weighted by Crippen LogP contribution is 2.31. The minimum atomic E-state index is -0.549. The number of aliphatic hydroxyl groups is 1. The second kappa shape index (κ2) is 4.86. The van der Waals surface area contributed by atoms with Gasteiger partial charge in [-0.1, -0.05) is 18.6 Å². The van der Waals surface area contributed by atoms with Crippen molar-refractivity contribution in [2.75, 3.05) is 0 Å². The van der Waals surface area contributed by atoms with E-state index in [0.717, 1.165) is 17.1 Å². The zero-order valence-electron chi connectivity index (χ0n) is 10.6. The van der Waals surface area contributed by atoms with Gasteiger partial charge >= 0.3 is 0 Å². The number of aryl methyl sites for hydroxylation is 2. The van der Waals surface area contributed by atoms with E-state index in [4.69, 9.17) is 0 Å². The van der Waals surface area contributed by atoms with Crippen molar-refractivity contribution in [2.24, 2.45) is 0 Å². The third-order valence-corrected chi connectivity index (χ3v) is 4.71. The fraction of sp³-hybridized carbons (Fsp3) is 0.500. The Labute approximate surface area is 111 Å². The summed E-state index contributed by atoms with van der Waals surface area (Å²) in [6.45, 7) is 1.93. The van der Waals surface area contributed by atoms with E-state index in [1.165, 1.54) is 36.3 Å². The lowest BCUT2D eigenvalue weighted by molar-refractivity contribution is 0.222. The minimum absolute atomic E-state index is 0.549. The molecule has 0 spiro atoms. The van der Waals surface area contributed by atoms with Gasteiger partial charge in [0.25, 0.3) is 0 Å². The molecule has 18 heavy (non-hydrogen) atoms. The first-order valence-electron chi connectivity index (χ1n) is 6.60. The highest BCUT2D eigenvalue weighted by atomic mass is 32.1. The van der Waals surface area contributed by atoms with Crippen LogP contribution in [0.15, 0.2) is 18.3 Å². The van der Waals surface area contributed by atoms with E-state index < -0.39 is 6.10 Å². The molecule has 1 unspecified atom stereocenters. The van der Waals surface area contributed by atoms with Gasteiger partial charge < -0.3 is 5.11 Å². The van der Waals surface area contributed by atoms with Crippen LogP contribution in [0.3, 0.4) is 0 Å². The van der Waals surface area contributed by atoms with Crippen molar-refractivity contribution in [3.8, 4) is 0 Å². The molecule has 1 aliphatic carbocycles. The van der Waals surface area contributed by atoms with Gasteiger partial charge in [-0.05, 0) is 32.6 Å². The molecule has 1 N–H and O–H groups in total. The number of allylic oxidation sites excluding steroid dienone is 1. The van der Waals surface area contributed by atoms with Crippen LogP contribution >= 0.6 is 11.3 Å². The van der Waals surface area contributed by atoms with Gasteiger partial charge in [-0.2, -0.15) is 0 Å². The summed E-state index contributed by atoms with van der Waals surface area (Å²) in [4.78, 5) is 6.94. The van der Waals surface area contributed by atoms with E-state index >= 15 is 0 Å². The van der Waals surface area contributed by atoms with E-state index in [1.54, 1.807) is 11.3 Å². The number of aromatic nitrogens is 2. The molecule has 0 saturated carbocycles. The molecule has 4 heteroatoms. The van der Waals surface area contributed by atoms with Crippen LogP contribution in [0.4, 0.5) is 0 Å². The summed E-state index contributed by atoms with van der Waals surface area (Å²) in [6, 6.07) is 0. The van der Waals surface area contributed by atoms with Gasteiger partial charge in [0, 0.05) is 10.6 Å². The zero-order valence-corrected chi connectivity index (χ0v) is 11.4. The maximum atomic E-state index is 10.2. The largest absolute Gasteiger partial charge is 0.383 e. The van der Waals surface area contributed by atoms with Crippen LogP contribution in [-0.4, -0.2) is 14.5 Å². The predicted octanol–water partition coefficient (Wildman–Crippen LogP) is 3.27. The highest BCUT2D eigenvalue weighted by Gasteiger charge is 2.20. The van der Waals surface area contributed by atoms with Crippen molar-refractivity contribution >= 4 is 16.3 Å². The number of hydrogen-bond acceptors (Lipinski definition) is 3. The molecule has 1 atom stereocenters. The fourth-order valence-electron chi connectivity index (χ4n) is 2.68. The van der Waals surface area contributed by atoms with Crippen LogP contribution in [-0.2, 0) is 12.8 Å². The summed E-state index contributed by atoms with van der Waals surface area (Å²) in [7, 11) is 0. The quantitative estimate of drug-likeness (QED) is 0.666. The molecule has 0 saturated heterocycles. The zero-order chi connectivity index (χ0) is 12.5. The van der Waals surface area contributed by atoms with Gasteiger partial charge in [-0.15, -0.1) is 11.3 Å². The molecule has 2 heterocycles. The van der Waals surface area contributed by atoms with Crippen LogP contribution in [0.2, 0.25) is 0 Å². The molecule has 0 aromatic carbocycles. The molecule has 0 fully saturated rings. The number of nitrogens with zero attached hydrogens (tertiary/aromatic N) is 2. The van der Waals surface area contributed by atoms with Crippen LogP contribution in [0.1, 0.15) is 48.6 Å². The summed E-state index contributed by atoms with van der Waals surface area (Å²) >= 11 is 1.79. The predicted molar refractivity (Wildman–Crippen MR) is 74.1 cm³/mol. The van der Waals surface area contributed by atoms with Gasteiger partial charge in [-0.25, -0.2) is 4.98 Å². The first-order chi connectivity index (χ1) is 8.81. The normalized spacial score (nSPS) is 18.1. The average Bonchev–Trinajstić information content (AvgIpc) is 2.82. The Balaban J connectivity index is 2.13. The first kappa shape index (κ1) is 11.9. The van der Waals surface area contributed by atoms with Gasteiger partial charge in [0.1, 0.15) is 6.10 Å². The van der Waals surface area contributed by atoms with E-state index in [9.17, 15) is 5.11 Å². The van der Waals surface area contributed by atoms with E-state index in [-0.39, 0.29) is 0 Å². The SMILES string of the molecule is C/C=C/C(O)c1cnc2sc3c(n12)CCCCC3. The molecule has 3 rings (SSSR count). The Bertz CT molecular complexity index is 582. The standard InChI is InChI=1S/C14H18N2OS/c1-2-6-12(17)11-9-15-14-16(11)10-7-4-3-5-8-13(10)18-14/h2,6,9,12,17H,3-5,7-8H2,1H3/b6-2+. The van der Waals surface area contributed by atoms with Crippen molar-refractivity contribution < 1.29 is 5.11 Å². The Morgan fingerprint density at radius 1 is 1.39 bits per heavy atom. The molecule has 2 aromatic rings. The number of aliphatic hydroxyl groups excluding tert-OH is 1. The number of hydrogen-bond donors (Lipinski definition) is 1. The second-order valence-corrected chi connectivity index (χ2v) is 5.87. The molecule has 3 nitrogen and oxygen atoms in total. The lowest BCUT2D eigenvalue weighted by Crippen LogP contribution is -2.02. The van der Waals surface area contributed by atoms with Crippen LogP contribution < -0.4 is 0 Å². The lowest BCUT2D eigenvalue weighted by Gasteiger charge is -2.07. The maximum Gasteiger partial charge on any atom is 0.194 e. The third-order valence-electron chi connectivity index (χ3n) is 3.56. The fourth-order valence-corrected chi connectivity index (χ4v) is 3.87. The van der Waals surface area contributed by atoms with Crippen molar-refractivity contribution in [3.63, 3.8) is 0 Å². The second-order valence-electron chi connectivity index (χ2n) is 4.80. The molecule has 0 radical (unpaired) electrons. The topological polar surface area (TPSA) is 37.5 Å². The Morgan fingerprint density at radius 2 is 2.22 bits per heavy atom. The molecule has 0 bridgehead atoms. The molecule has 1 aliphatic rings. The number of rotatable bonds is 2. The molecule has 96 valence electrons. The average molecular weight is 262 g/mol. The number of thiazole rings is 1. The van der Waals surface area contributed by atoms with Crippen molar-refractivity contribution in [3.05, 3.63) is 34.6 Å². The monoisotopic (exact) mass is 262 g/mol. The van der Waals surface area contributed by atoms with Gasteiger partial charge in [-0.3, -0.25) is 4.40 Å². The first-order valence-corrected chi connectivity index (χ1v) is 7.41. The van der Waals surface area contributed by atoms with E-state index in [0.29, 0.717) is 0 Å². The Morgan fingerprint density at radius 3 is 3.06 bits per heavy atom. The van der Waals surface area contributed by atoms with Gasteiger partial charge in [0.2, 0.25) is 0 Å². The lowest BCUT2D eigenvalue weighted by atomic mass is 10.2. The number of fused-ring (bicyclic) bond motifs is 3. The molecular weight excluding hydrogens is 244 g/mol. The Kier molecular flexibility index (Phi) is 3.22. The molecular formula is C14H18N2OS. The van der Waals surface area contributed by atoms with Crippen LogP contribution in [0, 0.1) is 0 Å². The summed E-state index contributed by atoms with van der Waals surface area (Å²) in [5.74, 6) is 0. The van der Waals surface area contributed by atoms with E-state index in [2.05, 4.69) is 9.38 Å². The molecule has 0 aliphatic heterocycles. The van der Waals surface area contributed by atoms with Crippen LogP contribution in [0.5, 0.6) is 0 Å². The number of imidazole rings is 1.